The van der Waals surface area contributed by atoms with Crippen molar-refractivity contribution in [2.45, 2.75) is 24.4 Å². The van der Waals surface area contributed by atoms with Crippen LogP contribution >= 0.6 is 0 Å². The van der Waals surface area contributed by atoms with Crippen LogP contribution < -0.4 is 5.32 Å². The molecule has 0 saturated carbocycles. The minimum atomic E-state index is -3.69. The van der Waals surface area contributed by atoms with Crippen LogP contribution in [-0.2, 0) is 16.4 Å². The van der Waals surface area contributed by atoms with E-state index in [0.717, 1.165) is 25.9 Å². The summed E-state index contributed by atoms with van der Waals surface area (Å²) in [7, 11) is -3.69. The van der Waals surface area contributed by atoms with Crippen molar-refractivity contribution >= 4 is 21.2 Å². The molecule has 3 rings (SSSR count). The molecule has 1 fully saturated rings. The molecule has 8 heteroatoms. The van der Waals surface area contributed by atoms with Crippen molar-refractivity contribution in [2.75, 3.05) is 24.7 Å². The zero-order chi connectivity index (χ0) is 19.6. The summed E-state index contributed by atoms with van der Waals surface area (Å²) in [5.41, 5.74) is 1.44. The van der Waals surface area contributed by atoms with E-state index in [9.17, 15) is 18.5 Å². The summed E-state index contributed by atoms with van der Waals surface area (Å²) >= 11 is 0. The normalized spacial score (nSPS) is 20.5. The van der Waals surface area contributed by atoms with Crippen molar-refractivity contribution in [3.05, 3.63) is 64.2 Å². The zero-order valence-corrected chi connectivity index (χ0v) is 16.1. The van der Waals surface area contributed by atoms with Crippen molar-refractivity contribution in [3.63, 3.8) is 0 Å². The number of anilines is 1. The molecule has 0 aliphatic carbocycles. The number of nitro groups is 1. The predicted octanol–water partition coefficient (Wildman–Crippen LogP) is 2.93. The second-order valence-corrected chi connectivity index (χ2v) is 9.10. The number of nitro benzene ring substituents is 1. The first-order chi connectivity index (χ1) is 12.7. The topological polar surface area (TPSA) is 92.5 Å². The van der Waals surface area contributed by atoms with Gasteiger partial charge >= 0.3 is 0 Å². The summed E-state index contributed by atoms with van der Waals surface area (Å²) in [6, 6.07) is 14.6. The molecule has 0 aromatic heterocycles. The second kappa shape index (κ2) is 7.66. The third kappa shape index (κ3) is 4.64. The molecule has 0 spiro atoms. The lowest BCUT2D eigenvalue weighted by molar-refractivity contribution is -0.387. The predicted molar refractivity (Wildman–Crippen MR) is 104 cm³/mol. The van der Waals surface area contributed by atoms with Crippen LogP contribution in [0.25, 0.3) is 0 Å². The number of nitrogens with zero attached hydrogens (tertiary/aromatic N) is 2. The van der Waals surface area contributed by atoms with E-state index in [1.807, 2.05) is 18.2 Å². The minimum Gasteiger partial charge on any atom is -0.381 e. The van der Waals surface area contributed by atoms with Crippen molar-refractivity contribution in [2.24, 2.45) is 5.92 Å². The van der Waals surface area contributed by atoms with Gasteiger partial charge in [-0.15, -0.1) is 0 Å². The Balaban J connectivity index is 1.74. The number of likely N-dealkylation sites (tertiary alicyclic amines) is 1. The van der Waals surface area contributed by atoms with E-state index in [2.05, 4.69) is 29.3 Å². The molecule has 0 bridgehead atoms. The molecule has 1 saturated heterocycles. The van der Waals surface area contributed by atoms with Gasteiger partial charge in [0.1, 0.15) is 4.90 Å². The Hall–Kier alpha value is -2.45. The van der Waals surface area contributed by atoms with E-state index >= 15 is 0 Å². The molecule has 2 aromatic carbocycles. The highest BCUT2D eigenvalue weighted by molar-refractivity contribution is 7.90. The second-order valence-electron chi connectivity index (χ2n) is 7.12. The summed E-state index contributed by atoms with van der Waals surface area (Å²) in [6.07, 6.45) is 0.985. The van der Waals surface area contributed by atoms with Gasteiger partial charge in [0.2, 0.25) is 0 Å². The largest absolute Gasteiger partial charge is 0.381 e. The lowest BCUT2D eigenvalue weighted by Crippen LogP contribution is -2.28. The molecule has 1 aliphatic rings. The van der Waals surface area contributed by atoms with Crippen molar-refractivity contribution in [3.8, 4) is 0 Å². The molecule has 0 radical (unpaired) electrons. The fourth-order valence-electron chi connectivity index (χ4n) is 3.49. The number of rotatable bonds is 6. The van der Waals surface area contributed by atoms with Crippen LogP contribution in [0.3, 0.4) is 0 Å². The van der Waals surface area contributed by atoms with Crippen LogP contribution in [0, 0.1) is 16.0 Å². The van der Waals surface area contributed by atoms with Gasteiger partial charge in [-0.3, -0.25) is 15.0 Å². The Morgan fingerprint density at radius 1 is 1.19 bits per heavy atom. The summed E-state index contributed by atoms with van der Waals surface area (Å²) in [4.78, 5) is 12.5. The molecule has 2 atom stereocenters. The fourth-order valence-corrected chi connectivity index (χ4v) is 4.36. The Morgan fingerprint density at radius 2 is 1.89 bits per heavy atom. The van der Waals surface area contributed by atoms with Gasteiger partial charge < -0.3 is 5.32 Å². The standard InChI is InChI=1S/C19H23N3O4S/c1-14-11-21(12-15-6-4-3-5-7-15)13-17(14)20-16-8-9-18(22(23)24)19(10-16)27(2,25)26/h3-10,14,17,20H,11-13H2,1-2H3. The highest BCUT2D eigenvalue weighted by Gasteiger charge is 2.30. The highest BCUT2D eigenvalue weighted by atomic mass is 32.2. The summed E-state index contributed by atoms with van der Waals surface area (Å²) < 4.78 is 23.9. The maximum atomic E-state index is 11.9. The smallest absolute Gasteiger partial charge is 0.288 e. The summed E-state index contributed by atoms with van der Waals surface area (Å²) in [6.45, 7) is 4.75. The van der Waals surface area contributed by atoms with Gasteiger partial charge in [-0.05, 0) is 23.6 Å². The Kier molecular flexibility index (Phi) is 5.48. The average Bonchev–Trinajstić information content (AvgIpc) is 2.94. The SMILES string of the molecule is CC1CN(Cc2ccccc2)CC1Nc1ccc([N+](=O)[O-])c(S(C)(=O)=O)c1. The van der Waals surface area contributed by atoms with E-state index in [0.29, 0.717) is 11.6 Å². The van der Waals surface area contributed by atoms with E-state index in [-0.39, 0.29) is 10.9 Å². The fraction of sp³-hybridized carbons (Fsp3) is 0.368. The van der Waals surface area contributed by atoms with Crippen LogP contribution in [0.15, 0.2) is 53.4 Å². The van der Waals surface area contributed by atoms with Gasteiger partial charge in [0.05, 0.1) is 4.92 Å². The molecule has 1 N–H and O–H groups in total. The van der Waals surface area contributed by atoms with Crippen molar-refractivity contribution < 1.29 is 13.3 Å². The molecular weight excluding hydrogens is 366 g/mol. The van der Waals surface area contributed by atoms with Crippen LogP contribution in [0.5, 0.6) is 0 Å². The molecule has 144 valence electrons. The molecule has 1 heterocycles. The first kappa shape index (κ1) is 19.3. The molecule has 1 aliphatic heterocycles. The number of nitrogens with one attached hydrogen (secondary N) is 1. The van der Waals surface area contributed by atoms with Crippen molar-refractivity contribution in [1.29, 1.82) is 0 Å². The monoisotopic (exact) mass is 389 g/mol. The van der Waals surface area contributed by atoms with Gasteiger partial charge in [0, 0.05) is 43.7 Å². The number of sulfone groups is 1. The van der Waals surface area contributed by atoms with Gasteiger partial charge in [-0.1, -0.05) is 37.3 Å². The van der Waals surface area contributed by atoms with Crippen LogP contribution in [0.4, 0.5) is 11.4 Å². The van der Waals surface area contributed by atoms with E-state index in [1.54, 1.807) is 6.07 Å². The van der Waals surface area contributed by atoms with Gasteiger partial charge in [0.25, 0.3) is 5.69 Å². The number of hydrogen-bond acceptors (Lipinski definition) is 6. The Bertz CT molecular complexity index is 931. The molecule has 2 unspecified atom stereocenters. The van der Waals surface area contributed by atoms with Crippen LogP contribution in [0.2, 0.25) is 0 Å². The lowest BCUT2D eigenvalue weighted by atomic mass is 10.1. The lowest BCUT2D eigenvalue weighted by Gasteiger charge is -2.19. The van der Waals surface area contributed by atoms with Crippen LogP contribution in [0.1, 0.15) is 12.5 Å². The number of hydrogen-bond donors (Lipinski definition) is 1. The molecule has 27 heavy (non-hydrogen) atoms. The summed E-state index contributed by atoms with van der Waals surface area (Å²) in [5.74, 6) is 0.366. The maximum absolute atomic E-state index is 11.9. The van der Waals surface area contributed by atoms with Crippen molar-refractivity contribution in [1.82, 2.24) is 4.90 Å². The highest BCUT2D eigenvalue weighted by Crippen LogP contribution is 2.29. The minimum absolute atomic E-state index is 0.141. The van der Waals surface area contributed by atoms with Gasteiger partial charge in [-0.2, -0.15) is 0 Å². The average molecular weight is 389 g/mol. The van der Waals surface area contributed by atoms with Gasteiger partial charge in [0.15, 0.2) is 9.84 Å². The first-order valence-electron chi connectivity index (χ1n) is 8.75. The third-order valence-electron chi connectivity index (χ3n) is 4.85. The Morgan fingerprint density at radius 3 is 2.52 bits per heavy atom. The summed E-state index contributed by atoms with van der Waals surface area (Å²) in [5, 5.41) is 14.5. The third-order valence-corrected chi connectivity index (χ3v) is 5.97. The molecular formula is C19H23N3O4S. The molecule has 2 aromatic rings. The zero-order valence-electron chi connectivity index (χ0n) is 15.3. The van der Waals surface area contributed by atoms with E-state index in [4.69, 9.17) is 0 Å². The first-order valence-corrected chi connectivity index (χ1v) is 10.6. The number of benzene rings is 2. The van der Waals surface area contributed by atoms with E-state index in [1.165, 1.54) is 17.7 Å². The molecule has 0 amide bonds. The Labute approximate surface area is 159 Å². The van der Waals surface area contributed by atoms with Crippen LogP contribution in [-0.4, -0.2) is 43.6 Å². The van der Waals surface area contributed by atoms with E-state index < -0.39 is 20.4 Å². The quantitative estimate of drug-likeness (QED) is 0.603. The molecule has 7 nitrogen and oxygen atoms in total. The maximum Gasteiger partial charge on any atom is 0.288 e. The van der Waals surface area contributed by atoms with Gasteiger partial charge in [-0.25, -0.2) is 8.42 Å².